The van der Waals surface area contributed by atoms with E-state index in [1.165, 1.54) is 0 Å². The third-order valence-corrected chi connectivity index (χ3v) is 4.71. The van der Waals surface area contributed by atoms with E-state index in [2.05, 4.69) is 5.32 Å². The highest BCUT2D eigenvalue weighted by Crippen LogP contribution is 2.34. The molecule has 0 fully saturated rings. The Kier molecular flexibility index (Phi) is 6.12. The number of ether oxygens (including phenoxy) is 5. The Balaban J connectivity index is 1.49. The quantitative estimate of drug-likeness (QED) is 0.571. The first-order valence-electron chi connectivity index (χ1n) is 9.90. The predicted octanol–water partition coefficient (Wildman–Crippen LogP) is 4.65. The molecule has 0 saturated carbocycles. The minimum atomic E-state index is -0.243. The van der Waals surface area contributed by atoms with Gasteiger partial charge in [0, 0.05) is 22.9 Å². The molecule has 0 atom stereocenters. The number of methoxy groups -OCH3 is 1. The fourth-order valence-electron chi connectivity index (χ4n) is 3.14. The van der Waals surface area contributed by atoms with Crippen LogP contribution in [0.15, 0.2) is 60.7 Å². The van der Waals surface area contributed by atoms with Crippen molar-refractivity contribution < 1.29 is 28.5 Å². The van der Waals surface area contributed by atoms with Crippen molar-refractivity contribution in [3.05, 3.63) is 71.8 Å². The molecule has 1 aliphatic rings. The van der Waals surface area contributed by atoms with Crippen LogP contribution in [0, 0.1) is 0 Å². The molecule has 7 nitrogen and oxygen atoms in total. The van der Waals surface area contributed by atoms with Crippen LogP contribution in [0.4, 0.5) is 5.69 Å². The Morgan fingerprint density at radius 2 is 1.71 bits per heavy atom. The Bertz CT molecular complexity index is 1060. The normalized spacial score (nSPS) is 11.7. The van der Waals surface area contributed by atoms with Crippen LogP contribution < -0.4 is 29.0 Å². The second-order valence-electron chi connectivity index (χ2n) is 6.74. The van der Waals surface area contributed by atoms with E-state index in [4.69, 9.17) is 23.7 Å². The molecule has 3 aromatic rings. The number of rotatable bonds is 8. The van der Waals surface area contributed by atoms with Crippen molar-refractivity contribution >= 4 is 11.6 Å². The van der Waals surface area contributed by atoms with Crippen LogP contribution in [0.3, 0.4) is 0 Å². The van der Waals surface area contributed by atoms with Gasteiger partial charge in [-0.05, 0) is 61.5 Å². The van der Waals surface area contributed by atoms with E-state index < -0.39 is 0 Å². The Hall–Kier alpha value is -3.87. The molecule has 3 aromatic carbocycles. The van der Waals surface area contributed by atoms with Crippen LogP contribution in [0.5, 0.6) is 28.7 Å². The van der Waals surface area contributed by atoms with Gasteiger partial charge < -0.3 is 29.0 Å². The van der Waals surface area contributed by atoms with Crippen molar-refractivity contribution in [2.75, 3.05) is 25.8 Å². The summed E-state index contributed by atoms with van der Waals surface area (Å²) in [5.41, 5.74) is 1.89. The second kappa shape index (κ2) is 9.30. The Labute approximate surface area is 180 Å². The second-order valence-corrected chi connectivity index (χ2v) is 6.74. The number of hydrogen-bond donors (Lipinski definition) is 1. The minimum Gasteiger partial charge on any atom is -0.497 e. The predicted molar refractivity (Wildman–Crippen MR) is 115 cm³/mol. The van der Waals surface area contributed by atoms with Gasteiger partial charge in [0.15, 0.2) is 11.5 Å². The number of carbonyl (C=O) groups excluding carboxylic acids is 1. The molecule has 4 rings (SSSR count). The van der Waals surface area contributed by atoms with Crippen LogP contribution >= 0.6 is 0 Å². The zero-order chi connectivity index (χ0) is 21.6. The third-order valence-electron chi connectivity index (χ3n) is 4.71. The Morgan fingerprint density at radius 1 is 0.935 bits per heavy atom. The lowest BCUT2D eigenvalue weighted by atomic mass is 10.1. The van der Waals surface area contributed by atoms with Crippen LogP contribution in [-0.2, 0) is 6.61 Å². The maximum absolute atomic E-state index is 12.8. The van der Waals surface area contributed by atoms with Crippen molar-refractivity contribution in [3.63, 3.8) is 0 Å². The van der Waals surface area contributed by atoms with Crippen LogP contribution in [0.25, 0.3) is 0 Å². The van der Waals surface area contributed by atoms with Gasteiger partial charge in [-0.3, -0.25) is 4.79 Å². The van der Waals surface area contributed by atoms with Gasteiger partial charge in [0.25, 0.3) is 5.91 Å². The number of hydrogen-bond acceptors (Lipinski definition) is 6. The number of amides is 1. The number of anilines is 1. The first kappa shape index (κ1) is 20.4. The molecule has 0 bridgehead atoms. The van der Waals surface area contributed by atoms with Gasteiger partial charge in [0.2, 0.25) is 6.79 Å². The molecule has 0 aromatic heterocycles. The number of nitrogens with one attached hydrogen (secondary N) is 1. The molecule has 7 heteroatoms. The molecule has 1 aliphatic heterocycles. The van der Waals surface area contributed by atoms with Crippen molar-refractivity contribution in [1.82, 2.24) is 0 Å². The monoisotopic (exact) mass is 421 g/mol. The van der Waals surface area contributed by atoms with E-state index >= 15 is 0 Å². The van der Waals surface area contributed by atoms with Crippen molar-refractivity contribution in [2.45, 2.75) is 13.5 Å². The lowest BCUT2D eigenvalue weighted by Crippen LogP contribution is -2.13. The van der Waals surface area contributed by atoms with Crippen LogP contribution in [0.1, 0.15) is 22.8 Å². The third kappa shape index (κ3) is 4.83. The summed E-state index contributed by atoms with van der Waals surface area (Å²) in [6, 6.07) is 17.9. The summed E-state index contributed by atoms with van der Waals surface area (Å²) in [6.07, 6.45) is 0. The first-order chi connectivity index (χ1) is 15.2. The summed E-state index contributed by atoms with van der Waals surface area (Å²) in [5.74, 6) is 3.15. The van der Waals surface area contributed by atoms with Crippen molar-refractivity contribution in [3.8, 4) is 28.7 Å². The number of carbonyl (C=O) groups is 1. The van der Waals surface area contributed by atoms with Crippen molar-refractivity contribution in [1.29, 1.82) is 0 Å². The molecule has 1 N–H and O–H groups in total. The van der Waals surface area contributed by atoms with Gasteiger partial charge in [-0.15, -0.1) is 0 Å². The van der Waals surface area contributed by atoms with Crippen LogP contribution in [0.2, 0.25) is 0 Å². The molecule has 0 saturated heterocycles. The zero-order valence-electron chi connectivity index (χ0n) is 17.3. The van der Waals surface area contributed by atoms with Gasteiger partial charge in [0.1, 0.15) is 23.9 Å². The number of benzene rings is 3. The topological polar surface area (TPSA) is 75.3 Å². The molecule has 0 radical (unpaired) electrons. The molecule has 0 unspecified atom stereocenters. The van der Waals surface area contributed by atoms with Gasteiger partial charge in [0.05, 0.1) is 13.7 Å². The fraction of sp³-hybridized carbons (Fsp3) is 0.208. The molecule has 1 heterocycles. The maximum Gasteiger partial charge on any atom is 0.255 e. The van der Waals surface area contributed by atoms with Gasteiger partial charge >= 0.3 is 0 Å². The standard InChI is InChI=1S/C24H23NO6/c1-3-28-21-10-4-16(12-17(21)14-29-20-8-6-19(27-2)7-9-20)24(26)25-18-5-11-22-23(13-18)31-15-30-22/h4-13H,3,14-15H2,1-2H3,(H,25,26). The lowest BCUT2D eigenvalue weighted by molar-refractivity contribution is 0.102. The van der Waals surface area contributed by atoms with E-state index in [9.17, 15) is 4.79 Å². The summed E-state index contributed by atoms with van der Waals surface area (Å²) in [5, 5.41) is 2.88. The molecule has 0 spiro atoms. The first-order valence-corrected chi connectivity index (χ1v) is 9.90. The molecule has 0 aliphatic carbocycles. The van der Waals surface area contributed by atoms with Gasteiger partial charge in [-0.2, -0.15) is 0 Å². The molecular weight excluding hydrogens is 398 g/mol. The molecule has 1 amide bonds. The highest BCUT2D eigenvalue weighted by molar-refractivity contribution is 6.04. The zero-order valence-corrected chi connectivity index (χ0v) is 17.3. The summed E-state index contributed by atoms with van der Waals surface area (Å²) in [6.45, 7) is 2.86. The Morgan fingerprint density at radius 3 is 2.48 bits per heavy atom. The smallest absolute Gasteiger partial charge is 0.255 e. The van der Waals surface area contributed by atoms with Crippen molar-refractivity contribution in [2.24, 2.45) is 0 Å². The molecular formula is C24H23NO6. The SMILES string of the molecule is CCOc1ccc(C(=O)Nc2ccc3c(c2)OCO3)cc1COc1ccc(OC)cc1. The number of fused-ring (bicyclic) bond motifs is 1. The average molecular weight is 421 g/mol. The summed E-state index contributed by atoms with van der Waals surface area (Å²) in [7, 11) is 1.62. The van der Waals surface area contributed by atoms with E-state index in [-0.39, 0.29) is 19.3 Å². The largest absolute Gasteiger partial charge is 0.497 e. The lowest BCUT2D eigenvalue weighted by Gasteiger charge is -2.14. The van der Waals surface area contributed by atoms with E-state index in [1.807, 2.05) is 31.2 Å². The summed E-state index contributed by atoms with van der Waals surface area (Å²) >= 11 is 0. The van der Waals surface area contributed by atoms with Gasteiger partial charge in [-0.1, -0.05) is 0 Å². The van der Waals surface area contributed by atoms with E-state index in [0.29, 0.717) is 40.9 Å². The fourth-order valence-corrected chi connectivity index (χ4v) is 3.14. The van der Waals surface area contributed by atoms with Crippen LogP contribution in [-0.4, -0.2) is 26.4 Å². The average Bonchev–Trinajstić information content (AvgIpc) is 3.27. The molecule has 160 valence electrons. The van der Waals surface area contributed by atoms with E-state index in [0.717, 1.165) is 11.3 Å². The summed E-state index contributed by atoms with van der Waals surface area (Å²) < 4.78 is 27.4. The molecule has 31 heavy (non-hydrogen) atoms. The highest BCUT2D eigenvalue weighted by Gasteiger charge is 2.16. The van der Waals surface area contributed by atoms with Gasteiger partial charge in [-0.25, -0.2) is 0 Å². The van der Waals surface area contributed by atoms with E-state index in [1.54, 1.807) is 43.5 Å². The minimum absolute atomic E-state index is 0.184. The maximum atomic E-state index is 12.8. The highest BCUT2D eigenvalue weighted by atomic mass is 16.7. The summed E-state index contributed by atoms with van der Waals surface area (Å²) in [4.78, 5) is 12.8.